The third kappa shape index (κ3) is 2.42. The summed E-state index contributed by atoms with van der Waals surface area (Å²) in [7, 11) is 0. The van der Waals surface area contributed by atoms with Crippen LogP contribution in [0.25, 0.3) is 0 Å². The van der Waals surface area contributed by atoms with Gasteiger partial charge in [-0.05, 0) is 44.8 Å². The third-order valence-corrected chi connectivity index (χ3v) is 4.41. The van der Waals surface area contributed by atoms with Gasteiger partial charge < -0.3 is 10.2 Å². The molecule has 0 aromatic heterocycles. The average Bonchev–Trinajstić information content (AvgIpc) is 2.42. The molecule has 3 fully saturated rings. The van der Waals surface area contributed by atoms with Crippen LogP contribution in [0.5, 0.6) is 0 Å². The first-order valence-corrected chi connectivity index (χ1v) is 6.87. The summed E-state index contributed by atoms with van der Waals surface area (Å²) in [6.07, 6.45) is 2.48. The normalized spacial score (nSPS) is 29.2. The van der Waals surface area contributed by atoms with Crippen molar-refractivity contribution < 1.29 is 4.92 Å². The number of nitrogens with zero attached hydrogens (tertiary/aromatic N) is 2. The number of piperidine rings is 3. The summed E-state index contributed by atoms with van der Waals surface area (Å²) in [5, 5.41) is 14.5. The predicted octanol–water partition coefficient (Wildman–Crippen LogP) is 2.41. The molecule has 0 aliphatic carbocycles. The number of nitrogens with one attached hydrogen (secondary N) is 1. The standard InChI is InChI=1S/C14H19N3O2/c1-10-2-3-12(8-14(10)17(18)19)15-13-9-16-6-4-11(13)5-7-16/h2-3,8,11,13,15H,4-7,9H2,1H3. The Morgan fingerprint density at radius 3 is 2.68 bits per heavy atom. The van der Waals surface area contributed by atoms with Gasteiger partial charge in [0.25, 0.3) is 5.69 Å². The van der Waals surface area contributed by atoms with Crippen molar-refractivity contribution in [2.24, 2.45) is 5.92 Å². The van der Waals surface area contributed by atoms with Gasteiger partial charge in [0.05, 0.1) is 4.92 Å². The minimum atomic E-state index is -0.308. The molecule has 5 nitrogen and oxygen atoms in total. The van der Waals surface area contributed by atoms with E-state index >= 15 is 0 Å². The summed E-state index contributed by atoms with van der Waals surface area (Å²) >= 11 is 0. The minimum absolute atomic E-state index is 0.200. The summed E-state index contributed by atoms with van der Waals surface area (Å²) in [6, 6.07) is 5.86. The van der Waals surface area contributed by atoms with Gasteiger partial charge in [-0.3, -0.25) is 10.1 Å². The Bertz CT molecular complexity index is 495. The molecule has 1 aromatic rings. The number of benzene rings is 1. The second-order valence-electron chi connectivity index (χ2n) is 5.65. The van der Waals surface area contributed by atoms with E-state index in [0.29, 0.717) is 17.5 Å². The molecule has 3 heterocycles. The van der Waals surface area contributed by atoms with Gasteiger partial charge in [-0.1, -0.05) is 6.07 Å². The molecule has 0 radical (unpaired) electrons. The van der Waals surface area contributed by atoms with E-state index in [0.717, 1.165) is 12.2 Å². The van der Waals surface area contributed by atoms with E-state index in [-0.39, 0.29) is 10.6 Å². The summed E-state index contributed by atoms with van der Waals surface area (Å²) in [5.74, 6) is 0.713. The summed E-state index contributed by atoms with van der Waals surface area (Å²) in [4.78, 5) is 13.1. The van der Waals surface area contributed by atoms with Gasteiger partial charge in [-0.15, -0.1) is 0 Å². The molecule has 102 valence electrons. The second-order valence-corrected chi connectivity index (χ2v) is 5.65. The quantitative estimate of drug-likeness (QED) is 0.670. The van der Waals surface area contributed by atoms with Crippen LogP contribution in [0.1, 0.15) is 18.4 Å². The van der Waals surface area contributed by atoms with Gasteiger partial charge in [-0.2, -0.15) is 0 Å². The van der Waals surface area contributed by atoms with Crippen molar-refractivity contribution in [2.75, 3.05) is 25.0 Å². The number of fused-ring (bicyclic) bond motifs is 3. The molecule has 0 saturated carbocycles. The summed E-state index contributed by atoms with van der Waals surface area (Å²) in [6.45, 7) is 5.25. The average molecular weight is 261 g/mol. The van der Waals surface area contributed by atoms with Gasteiger partial charge in [0, 0.05) is 29.9 Å². The van der Waals surface area contributed by atoms with Crippen LogP contribution in [0, 0.1) is 23.0 Å². The van der Waals surface area contributed by atoms with Gasteiger partial charge in [0.2, 0.25) is 0 Å². The highest BCUT2D eigenvalue weighted by Gasteiger charge is 2.34. The van der Waals surface area contributed by atoms with Crippen LogP contribution in [0.15, 0.2) is 18.2 Å². The number of anilines is 1. The first-order chi connectivity index (χ1) is 9.13. The lowest BCUT2D eigenvalue weighted by molar-refractivity contribution is -0.385. The van der Waals surface area contributed by atoms with Crippen LogP contribution in [-0.2, 0) is 0 Å². The number of nitro groups is 1. The maximum Gasteiger partial charge on any atom is 0.274 e. The van der Waals surface area contributed by atoms with Crippen LogP contribution < -0.4 is 5.32 Å². The molecule has 4 rings (SSSR count). The molecule has 19 heavy (non-hydrogen) atoms. The molecule has 1 N–H and O–H groups in total. The predicted molar refractivity (Wildman–Crippen MR) is 74.4 cm³/mol. The summed E-state index contributed by atoms with van der Waals surface area (Å²) in [5.41, 5.74) is 1.78. The van der Waals surface area contributed by atoms with E-state index in [2.05, 4.69) is 10.2 Å². The fourth-order valence-corrected chi connectivity index (χ4v) is 3.24. The van der Waals surface area contributed by atoms with Gasteiger partial charge in [-0.25, -0.2) is 0 Å². The topological polar surface area (TPSA) is 58.4 Å². The smallest absolute Gasteiger partial charge is 0.274 e. The van der Waals surface area contributed by atoms with E-state index in [4.69, 9.17) is 0 Å². The zero-order chi connectivity index (χ0) is 13.4. The Kier molecular flexibility index (Phi) is 3.14. The zero-order valence-electron chi connectivity index (χ0n) is 11.1. The number of hydrogen-bond acceptors (Lipinski definition) is 4. The SMILES string of the molecule is Cc1ccc(NC2CN3CCC2CC3)cc1[N+](=O)[O-]. The molecule has 1 aromatic carbocycles. The molecule has 3 aliphatic rings. The third-order valence-electron chi connectivity index (χ3n) is 4.41. The Labute approximate surface area is 112 Å². The highest BCUT2D eigenvalue weighted by atomic mass is 16.6. The van der Waals surface area contributed by atoms with Crippen molar-refractivity contribution in [3.63, 3.8) is 0 Å². The molecule has 3 aliphatic heterocycles. The molecular weight excluding hydrogens is 242 g/mol. The van der Waals surface area contributed by atoms with Crippen molar-refractivity contribution in [3.8, 4) is 0 Å². The molecule has 0 amide bonds. The maximum atomic E-state index is 11.0. The van der Waals surface area contributed by atoms with E-state index < -0.39 is 0 Å². The van der Waals surface area contributed by atoms with Gasteiger partial charge in [0.15, 0.2) is 0 Å². The molecule has 3 saturated heterocycles. The van der Waals surface area contributed by atoms with Crippen LogP contribution in [0.4, 0.5) is 11.4 Å². The lowest BCUT2D eigenvalue weighted by Gasteiger charge is -2.45. The van der Waals surface area contributed by atoms with E-state index in [9.17, 15) is 10.1 Å². The van der Waals surface area contributed by atoms with E-state index in [1.807, 2.05) is 12.1 Å². The van der Waals surface area contributed by atoms with Crippen molar-refractivity contribution in [1.82, 2.24) is 4.90 Å². The van der Waals surface area contributed by atoms with Crippen LogP contribution in [0.3, 0.4) is 0 Å². The van der Waals surface area contributed by atoms with Crippen molar-refractivity contribution in [3.05, 3.63) is 33.9 Å². The number of hydrogen-bond donors (Lipinski definition) is 1. The first-order valence-electron chi connectivity index (χ1n) is 6.87. The number of nitro benzene ring substituents is 1. The number of aryl methyl sites for hydroxylation is 1. The first kappa shape index (κ1) is 12.4. The highest BCUT2D eigenvalue weighted by Crippen LogP contribution is 2.31. The van der Waals surface area contributed by atoms with Crippen LogP contribution in [0.2, 0.25) is 0 Å². The van der Waals surface area contributed by atoms with Crippen LogP contribution in [-0.4, -0.2) is 35.5 Å². The molecule has 1 atom stereocenters. The second kappa shape index (κ2) is 4.81. The lowest BCUT2D eigenvalue weighted by Crippen LogP contribution is -2.53. The molecular formula is C14H19N3O2. The van der Waals surface area contributed by atoms with E-state index in [1.54, 1.807) is 13.0 Å². The molecule has 5 heteroatoms. The van der Waals surface area contributed by atoms with Crippen molar-refractivity contribution >= 4 is 11.4 Å². The van der Waals surface area contributed by atoms with Crippen molar-refractivity contribution in [1.29, 1.82) is 0 Å². The molecule has 1 unspecified atom stereocenters. The highest BCUT2D eigenvalue weighted by molar-refractivity contribution is 5.55. The lowest BCUT2D eigenvalue weighted by atomic mass is 9.84. The molecule has 0 spiro atoms. The van der Waals surface area contributed by atoms with E-state index in [1.165, 1.54) is 25.9 Å². The van der Waals surface area contributed by atoms with Gasteiger partial charge >= 0.3 is 0 Å². The Hall–Kier alpha value is -1.62. The number of rotatable bonds is 3. The summed E-state index contributed by atoms with van der Waals surface area (Å²) < 4.78 is 0. The zero-order valence-corrected chi connectivity index (χ0v) is 11.1. The van der Waals surface area contributed by atoms with Crippen LogP contribution >= 0.6 is 0 Å². The maximum absolute atomic E-state index is 11.0. The minimum Gasteiger partial charge on any atom is -0.381 e. The Morgan fingerprint density at radius 2 is 2.11 bits per heavy atom. The Morgan fingerprint density at radius 1 is 1.37 bits per heavy atom. The van der Waals surface area contributed by atoms with Gasteiger partial charge in [0.1, 0.15) is 0 Å². The fraction of sp³-hybridized carbons (Fsp3) is 0.571. The monoisotopic (exact) mass is 261 g/mol. The Balaban J connectivity index is 1.76. The fourth-order valence-electron chi connectivity index (χ4n) is 3.24. The molecule has 2 bridgehead atoms. The largest absolute Gasteiger partial charge is 0.381 e. The van der Waals surface area contributed by atoms with Crippen molar-refractivity contribution in [2.45, 2.75) is 25.8 Å².